The van der Waals surface area contributed by atoms with Crippen LogP contribution in [0.5, 0.6) is 0 Å². The van der Waals surface area contributed by atoms with Crippen LogP contribution in [0.2, 0.25) is 0 Å². The summed E-state index contributed by atoms with van der Waals surface area (Å²) in [4.78, 5) is 4.17. The average Bonchev–Trinajstić information content (AvgIpc) is 2.96. The molecule has 0 unspecified atom stereocenters. The van der Waals surface area contributed by atoms with Crippen LogP contribution >= 0.6 is 27.3 Å². The summed E-state index contributed by atoms with van der Waals surface area (Å²) in [6.07, 6.45) is 3.58. The Morgan fingerprint density at radius 1 is 1.33 bits per heavy atom. The number of aromatic nitrogens is 2. The molecule has 3 rings (SSSR count). The van der Waals surface area contributed by atoms with E-state index >= 15 is 0 Å². The molecule has 0 N–H and O–H groups in total. The van der Waals surface area contributed by atoms with Gasteiger partial charge in [0.25, 0.3) is 10.0 Å². The van der Waals surface area contributed by atoms with E-state index in [9.17, 15) is 8.42 Å². The van der Waals surface area contributed by atoms with E-state index in [0.717, 1.165) is 9.61 Å². The Labute approximate surface area is 117 Å². The molecule has 5 nitrogen and oxygen atoms in total. The number of fused-ring (bicyclic) bond motifs is 1. The van der Waals surface area contributed by atoms with Gasteiger partial charge in [-0.2, -0.15) is 4.31 Å². The lowest BCUT2D eigenvalue weighted by Crippen LogP contribution is -2.37. The van der Waals surface area contributed by atoms with Crippen molar-refractivity contribution in [3.05, 3.63) is 34.1 Å². The number of rotatable bonds is 2. The zero-order valence-electron chi connectivity index (χ0n) is 9.28. The van der Waals surface area contributed by atoms with Crippen LogP contribution in [0, 0.1) is 0 Å². The molecule has 18 heavy (non-hydrogen) atoms. The van der Waals surface area contributed by atoms with Crippen LogP contribution in [0.25, 0.3) is 0 Å². The van der Waals surface area contributed by atoms with Crippen molar-refractivity contribution in [1.29, 1.82) is 0 Å². The van der Waals surface area contributed by atoms with Crippen molar-refractivity contribution in [2.45, 2.75) is 17.3 Å². The van der Waals surface area contributed by atoms with Gasteiger partial charge in [-0.25, -0.2) is 13.4 Å². The highest BCUT2D eigenvalue weighted by atomic mass is 79.9. The molecule has 8 heteroatoms. The molecule has 3 heterocycles. The average molecular weight is 348 g/mol. The molecule has 0 fully saturated rings. The molecule has 0 aliphatic carbocycles. The molecular formula is C10H10BrN3O2S2. The van der Waals surface area contributed by atoms with Crippen LogP contribution in [0.4, 0.5) is 0 Å². The van der Waals surface area contributed by atoms with E-state index in [2.05, 4.69) is 20.9 Å². The second-order valence-corrected chi connectivity index (χ2v) is 8.56. The molecule has 1 aliphatic heterocycles. The van der Waals surface area contributed by atoms with Crippen LogP contribution in [0.15, 0.2) is 32.5 Å². The molecule has 0 radical (unpaired) electrons. The molecule has 0 spiro atoms. The monoisotopic (exact) mass is 347 g/mol. The highest BCUT2D eigenvalue weighted by Crippen LogP contribution is 2.29. The van der Waals surface area contributed by atoms with E-state index < -0.39 is 10.0 Å². The number of halogens is 1. The van der Waals surface area contributed by atoms with Gasteiger partial charge < -0.3 is 4.57 Å². The number of imidazole rings is 1. The first-order valence-corrected chi connectivity index (χ1v) is 8.38. The highest BCUT2D eigenvalue weighted by molar-refractivity contribution is 9.11. The first-order chi connectivity index (χ1) is 8.57. The molecule has 2 aromatic heterocycles. The van der Waals surface area contributed by atoms with E-state index in [1.165, 1.54) is 15.6 Å². The molecule has 1 aliphatic rings. The summed E-state index contributed by atoms with van der Waals surface area (Å²) in [5, 5.41) is 0. The first-order valence-electron chi connectivity index (χ1n) is 5.33. The number of sulfonamides is 1. The lowest BCUT2D eigenvalue weighted by Gasteiger charge is -2.26. The smallest absolute Gasteiger partial charge is 0.253 e. The summed E-state index contributed by atoms with van der Waals surface area (Å²) in [6.45, 7) is 1.48. The molecule has 0 bridgehead atoms. The van der Waals surface area contributed by atoms with Crippen molar-refractivity contribution in [3.63, 3.8) is 0 Å². The second-order valence-electron chi connectivity index (χ2n) is 3.93. The fourth-order valence-electron chi connectivity index (χ4n) is 1.92. The number of hydrogen-bond donors (Lipinski definition) is 0. The summed E-state index contributed by atoms with van der Waals surface area (Å²) >= 11 is 4.52. The molecule has 0 aromatic carbocycles. The van der Waals surface area contributed by atoms with Gasteiger partial charge in [0, 0.05) is 25.5 Å². The normalized spacial score (nSPS) is 16.7. The van der Waals surface area contributed by atoms with Crippen molar-refractivity contribution >= 4 is 37.3 Å². The fraction of sp³-hybridized carbons (Fsp3) is 0.300. The van der Waals surface area contributed by atoms with Gasteiger partial charge in [-0.15, -0.1) is 11.3 Å². The summed E-state index contributed by atoms with van der Waals surface area (Å²) in [5.74, 6) is 0.792. The van der Waals surface area contributed by atoms with Crippen LogP contribution < -0.4 is 0 Å². The molecule has 96 valence electrons. The zero-order chi connectivity index (χ0) is 12.8. The lowest BCUT2D eigenvalue weighted by atomic mass is 10.4. The highest BCUT2D eigenvalue weighted by Gasteiger charge is 2.29. The van der Waals surface area contributed by atoms with Crippen LogP contribution in [-0.2, 0) is 23.1 Å². The van der Waals surface area contributed by atoms with E-state index in [4.69, 9.17) is 0 Å². The zero-order valence-corrected chi connectivity index (χ0v) is 12.5. The standard InChI is InChI=1S/C10H10BrN3O2S2/c11-8-1-2-10(17-8)18(15,16)14-6-5-13-4-3-12-9(13)7-14/h1-4H,5-7H2. The Hall–Kier alpha value is -0.700. The minimum atomic E-state index is -3.39. The molecule has 0 saturated carbocycles. The summed E-state index contributed by atoms with van der Waals surface area (Å²) in [6, 6.07) is 3.38. The Balaban J connectivity index is 1.92. The van der Waals surface area contributed by atoms with Crippen molar-refractivity contribution in [1.82, 2.24) is 13.9 Å². The lowest BCUT2D eigenvalue weighted by molar-refractivity contribution is 0.336. The van der Waals surface area contributed by atoms with Gasteiger partial charge in [0.2, 0.25) is 0 Å². The Morgan fingerprint density at radius 2 is 2.17 bits per heavy atom. The van der Waals surface area contributed by atoms with Gasteiger partial charge in [0.15, 0.2) is 0 Å². The maximum Gasteiger partial charge on any atom is 0.253 e. The Morgan fingerprint density at radius 3 is 2.89 bits per heavy atom. The van der Waals surface area contributed by atoms with Crippen LogP contribution in [0.1, 0.15) is 5.82 Å². The topological polar surface area (TPSA) is 55.2 Å². The fourth-order valence-corrected chi connectivity index (χ4v) is 5.47. The number of thiophene rings is 1. The summed E-state index contributed by atoms with van der Waals surface area (Å²) in [5.41, 5.74) is 0. The van der Waals surface area contributed by atoms with E-state index in [-0.39, 0.29) is 0 Å². The Bertz CT molecular complexity index is 677. The minimum Gasteiger partial charge on any atom is -0.333 e. The maximum absolute atomic E-state index is 12.4. The van der Waals surface area contributed by atoms with Crippen molar-refractivity contribution in [2.24, 2.45) is 0 Å². The van der Waals surface area contributed by atoms with E-state index in [1.807, 2.05) is 10.8 Å². The number of hydrogen-bond acceptors (Lipinski definition) is 4. The Kier molecular flexibility index (Phi) is 3.05. The third kappa shape index (κ3) is 2.03. The van der Waals surface area contributed by atoms with E-state index in [1.54, 1.807) is 18.3 Å². The largest absolute Gasteiger partial charge is 0.333 e. The van der Waals surface area contributed by atoms with Gasteiger partial charge in [-0.1, -0.05) is 0 Å². The van der Waals surface area contributed by atoms with Gasteiger partial charge >= 0.3 is 0 Å². The third-order valence-corrected chi connectivity index (χ3v) is 6.79. The SMILES string of the molecule is O=S(=O)(c1ccc(Br)s1)N1CCn2ccnc2C1. The molecule has 0 amide bonds. The van der Waals surface area contributed by atoms with Crippen molar-refractivity contribution < 1.29 is 8.42 Å². The molecule has 0 saturated heterocycles. The maximum atomic E-state index is 12.4. The number of nitrogens with zero attached hydrogens (tertiary/aromatic N) is 3. The predicted molar refractivity (Wildman–Crippen MR) is 71.8 cm³/mol. The van der Waals surface area contributed by atoms with Gasteiger partial charge in [0.05, 0.1) is 10.3 Å². The van der Waals surface area contributed by atoms with Crippen molar-refractivity contribution in [3.8, 4) is 0 Å². The minimum absolute atomic E-state index is 0.338. The summed E-state index contributed by atoms with van der Waals surface area (Å²) in [7, 11) is -3.39. The molecular weight excluding hydrogens is 338 g/mol. The summed E-state index contributed by atoms with van der Waals surface area (Å²) < 4.78 is 29.5. The molecule has 0 atom stereocenters. The molecule has 2 aromatic rings. The third-order valence-electron chi connectivity index (χ3n) is 2.85. The van der Waals surface area contributed by atoms with Crippen molar-refractivity contribution in [2.75, 3.05) is 6.54 Å². The van der Waals surface area contributed by atoms with Crippen LogP contribution in [-0.4, -0.2) is 28.8 Å². The van der Waals surface area contributed by atoms with Gasteiger partial charge in [-0.05, 0) is 28.1 Å². The predicted octanol–water partition coefficient (Wildman–Crippen LogP) is 1.91. The quantitative estimate of drug-likeness (QED) is 0.833. The van der Waals surface area contributed by atoms with Gasteiger partial charge in [-0.3, -0.25) is 0 Å². The van der Waals surface area contributed by atoms with Crippen LogP contribution in [0.3, 0.4) is 0 Å². The van der Waals surface area contributed by atoms with Gasteiger partial charge in [0.1, 0.15) is 10.0 Å². The first kappa shape index (κ1) is 12.3. The second kappa shape index (κ2) is 4.44. The van der Waals surface area contributed by atoms with E-state index in [0.29, 0.717) is 23.8 Å².